The molecule has 1 amide bonds. The Morgan fingerprint density at radius 1 is 1.20 bits per heavy atom. The van der Waals surface area contributed by atoms with E-state index in [0.29, 0.717) is 22.4 Å². The second-order valence-electron chi connectivity index (χ2n) is 6.17. The van der Waals surface area contributed by atoms with Crippen molar-refractivity contribution < 1.29 is 4.79 Å². The Kier molecular flexibility index (Phi) is 3.37. The molecule has 1 aromatic rings. The summed E-state index contributed by atoms with van der Waals surface area (Å²) in [6, 6.07) is 2.24. The van der Waals surface area contributed by atoms with Crippen LogP contribution in [0.15, 0.2) is 18.2 Å². The molecule has 20 heavy (non-hydrogen) atoms. The summed E-state index contributed by atoms with van der Waals surface area (Å²) in [6.45, 7) is 5.91. The average Bonchev–Trinajstić information content (AvgIpc) is 3.02. The Labute approximate surface area is 125 Å². The lowest BCUT2D eigenvalue weighted by Gasteiger charge is -2.21. The molecule has 106 valence electrons. The summed E-state index contributed by atoms with van der Waals surface area (Å²) in [5.74, 6) is 1.19. The van der Waals surface area contributed by atoms with Gasteiger partial charge in [-0.25, -0.2) is 0 Å². The number of nitrogens with one attached hydrogen (secondary N) is 1. The molecule has 3 heteroatoms. The molecule has 1 aromatic carbocycles. The molecular weight excluding hydrogens is 270 g/mol. The van der Waals surface area contributed by atoms with Gasteiger partial charge < -0.3 is 5.32 Å². The molecule has 1 fully saturated rings. The van der Waals surface area contributed by atoms with Crippen molar-refractivity contribution in [3.63, 3.8) is 0 Å². The molecule has 2 bridgehead atoms. The number of hydrogen-bond acceptors (Lipinski definition) is 1. The summed E-state index contributed by atoms with van der Waals surface area (Å²) >= 11 is 6.32. The van der Waals surface area contributed by atoms with Gasteiger partial charge >= 0.3 is 0 Å². The number of carbonyl (C=O) groups excluding carboxylic acids is 1. The summed E-state index contributed by atoms with van der Waals surface area (Å²) in [4.78, 5) is 12.5. The van der Waals surface area contributed by atoms with Gasteiger partial charge in [-0.15, -0.1) is 0 Å². The van der Waals surface area contributed by atoms with Gasteiger partial charge in [0.1, 0.15) is 0 Å². The number of allylic oxidation sites excluding steroid dienone is 1. The minimum atomic E-state index is 0.0125. The predicted molar refractivity (Wildman–Crippen MR) is 82.3 cm³/mol. The molecular formula is C17H20ClNO. The predicted octanol–water partition coefficient (Wildman–Crippen LogP) is 3.96. The van der Waals surface area contributed by atoms with Crippen molar-refractivity contribution in [2.24, 2.45) is 11.8 Å². The third-order valence-electron chi connectivity index (χ3n) is 4.85. The van der Waals surface area contributed by atoms with Crippen LogP contribution in [0.1, 0.15) is 39.9 Å². The van der Waals surface area contributed by atoms with Gasteiger partial charge in [0.05, 0.1) is 0 Å². The van der Waals surface area contributed by atoms with E-state index in [1.807, 2.05) is 26.8 Å². The zero-order valence-electron chi connectivity index (χ0n) is 12.2. The normalized spacial score (nSPS) is 27.1. The van der Waals surface area contributed by atoms with Crippen LogP contribution in [0.3, 0.4) is 0 Å². The lowest BCUT2D eigenvalue weighted by Crippen LogP contribution is -2.37. The van der Waals surface area contributed by atoms with E-state index in [9.17, 15) is 4.79 Å². The maximum atomic E-state index is 12.5. The Morgan fingerprint density at radius 3 is 2.55 bits per heavy atom. The highest BCUT2D eigenvalue weighted by Crippen LogP contribution is 2.39. The number of halogens is 1. The van der Waals surface area contributed by atoms with Gasteiger partial charge in [-0.3, -0.25) is 4.79 Å². The first-order valence-electron chi connectivity index (χ1n) is 7.23. The SMILES string of the molecule is Cc1cc(C(=O)N[C@H]2C[C@H]3C=C[C@@H]2C3)c(C)c(Cl)c1C. The van der Waals surface area contributed by atoms with Crippen LogP contribution in [0.2, 0.25) is 5.02 Å². The van der Waals surface area contributed by atoms with Gasteiger partial charge in [0.2, 0.25) is 0 Å². The van der Waals surface area contributed by atoms with Gasteiger partial charge in [-0.2, -0.15) is 0 Å². The van der Waals surface area contributed by atoms with Crippen LogP contribution in [0.4, 0.5) is 0 Å². The number of aryl methyl sites for hydroxylation is 1. The van der Waals surface area contributed by atoms with Crippen LogP contribution in [0, 0.1) is 32.6 Å². The minimum Gasteiger partial charge on any atom is -0.349 e. The number of rotatable bonds is 2. The summed E-state index contributed by atoms with van der Waals surface area (Å²) in [7, 11) is 0. The van der Waals surface area contributed by atoms with Crippen LogP contribution in [-0.2, 0) is 0 Å². The molecule has 2 aliphatic carbocycles. The van der Waals surface area contributed by atoms with Crippen molar-refractivity contribution in [2.75, 3.05) is 0 Å². The molecule has 0 radical (unpaired) electrons. The fraction of sp³-hybridized carbons (Fsp3) is 0.471. The van der Waals surface area contributed by atoms with Gasteiger partial charge in [-0.1, -0.05) is 23.8 Å². The highest BCUT2D eigenvalue weighted by molar-refractivity contribution is 6.32. The number of amides is 1. The Balaban J connectivity index is 1.83. The fourth-order valence-corrected chi connectivity index (χ4v) is 3.69. The number of hydrogen-bond donors (Lipinski definition) is 1. The molecule has 0 saturated heterocycles. The molecule has 1 N–H and O–H groups in total. The van der Waals surface area contributed by atoms with Gasteiger partial charge in [0.25, 0.3) is 5.91 Å². The molecule has 3 rings (SSSR count). The van der Waals surface area contributed by atoms with E-state index in [0.717, 1.165) is 23.1 Å². The van der Waals surface area contributed by atoms with E-state index in [4.69, 9.17) is 11.6 Å². The first-order chi connectivity index (χ1) is 9.47. The lowest BCUT2D eigenvalue weighted by atomic mass is 9.98. The summed E-state index contributed by atoms with van der Waals surface area (Å²) in [5.41, 5.74) is 3.72. The molecule has 0 heterocycles. The second-order valence-corrected chi connectivity index (χ2v) is 6.54. The summed E-state index contributed by atoms with van der Waals surface area (Å²) in [6.07, 6.45) is 6.80. The average molecular weight is 290 g/mol. The molecule has 2 aliphatic rings. The Hall–Kier alpha value is -1.28. The standard InChI is InChI=1S/C17H20ClNO/c1-9-6-14(11(3)16(18)10(9)2)17(20)19-15-8-12-4-5-13(15)7-12/h4-6,12-13,15H,7-8H2,1-3H3,(H,19,20)/t12-,13+,15-/m0/s1. The zero-order chi connectivity index (χ0) is 14.4. The fourth-order valence-electron chi connectivity index (χ4n) is 3.43. The van der Waals surface area contributed by atoms with E-state index >= 15 is 0 Å². The quantitative estimate of drug-likeness (QED) is 0.821. The monoisotopic (exact) mass is 289 g/mol. The van der Waals surface area contributed by atoms with Gasteiger partial charge in [0, 0.05) is 16.6 Å². The van der Waals surface area contributed by atoms with Crippen LogP contribution in [0.25, 0.3) is 0 Å². The van der Waals surface area contributed by atoms with Crippen molar-refractivity contribution in [1.29, 1.82) is 0 Å². The van der Waals surface area contributed by atoms with Crippen LogP contribution >= 0.6 is 11.6 Å². The highest BCUT2D eigenvalue weighted by Gasteiger charge is 2.36. The van der Waals surface area contributed by atoms with Gasteiger partial charge in [0.15, 0.2) is 0 Å². The van der Waals surface area contributed by atoms with Crippen LogP contribution in [0.5, 0.6) is 0 Å². The maximum absolute atomic E-state index is 12.5. The van der Waals surface area contributed by atoms with Crippen molar-refractivity contribution >= 4 is 17.5 Å². The maximum Gasteiger partial charge on any atom is 0.251 e. The molecule has 0 aliphatic heterocycles. The van der Waals surface area contributed by atoms with Crippen LogP contribution < -0.4 is 5.32 Å². The number of carbonyl (C=O) groups is 1. The van der Waals surface area contributed by atoms with Crippen molar-refractivity contribution in [3.05, 3.63) is 45.5 Å². The second kappa shape index (κ2) is 4.92. The molecule has 3 atom stereocenters. The third-order valence-corrected chi connectivity index (χ3v) is 5.42. The molecule has 0 unspecified atom stereocenters. The first kappa shape index (κ1) is 13.7. The smallest absolute Gasteiger partial charge is 0.251 e. The molecule has 1 saturated carbocycles. The van der Waals surface area contributed by atoms with E-state index in [2.05, 4.69) is 17.5 Å². The van der Waals surface area contributed by atoms with E-state index < -0.39 is 0 Å². The summed E-state index contributed by atoms with van der Waals surface area (Å²) < 4.78 is 0. The van der Waals surface area contributed by atoms with Crippen molar-refractivity contribution in [1.82, 2.24) is 5.32 Å². The number of fused-ring (bicyclic) bond motifs is 2. The van der Waals surface area contributed by atoms with Crippen molar-refractivity contribution in [2.45, 2.75) is 39.7 Å². The van der Waals surface area contributed by atoms with Gasteiger partial charge in [-0.05, 0) is 68.2 Å². The number of benzene rings is 1. The molecule has 0 spiro atoms. The molecule has 0 aromatic heterocycles. The third kappa shape index (κ3) is 2.16. The molecule has 2 nitrogen and oxygen atoms in total. The van der Waals surface area contributed by atoms with E-state index in [-0.39, 0.29) is 11.9 Å². The highest BCUT2D eigenvalue weighted by atomic mass is 35.5. The topological polar surface area (TPSA) is 29.1 Å². The minimum absolute atomic E-state index is 0.0125. The zero-order valence-corrected chi connectivity index (χ0v) is 12.9. The Morgan fingerprint density at radius 2 is 1.95 bits per heavy atom. The Bertz CT molecular complexity index is 605. The first-order valence-corrected chi connectivity index (χ1v) is 7.60. The lowest BCUT2D eigenvalue weighted by molar-refractivity contribution is 0.0930. The van der Waals surface area contributed by atoms with E-state index in [1.165, 1.54) is 6.42 Å². The van der Waals surface area contributed by atoms with Crippen LogP contribution in [-0.4, -0.2) is 11.9 Å². The van der Waals surface area contributed by atoms with E-state index in [1.54, 1.807) is 0 Å². The van der Waals surface area contributed by atoms with Crippen molar-refractivity contribution in [3.8, 4) is 0 Å². The summed E-state index contributed by atoms with van der Waals surface area (Å²) in [5, 5.41) is 3.90. The largest absolute Gasteiger partial charge is 0.349 e.